The molecular weight excluding hydrogens is 462 g/mol. The molecule has 0 radical (unpaired) electrons. The molecule has 36 heavy (non-hydrogen) atoms. The average Bonchev–Trinajstić information content (AvgIpc) is 2.84. The minimum absolute atomic E-state index is 0.00752. The Labute approximate surface area is 211 Å². The average molecular weight is 494 g/mol. The van der Waals surface area contributed by atoms with Crippen LogP contribution in [0.15, 0.2) is 78.9 Å². The molecule has 0 bridgehead atoms. The van der Waals surface area contributed by atoms with Crippen LogP contribution in [0.4, 0.5) is 0 Å². The van der Waals surface area contributed by atoms with E-state index >= 15 is 0 Å². The molecule has 0 saturated heterocycles. The fraction of sp³-hybridized carbons (Fsp3) is 0.250. The maximum Gasteiger partial charge on any atom is 0.338 e. The molecule has 2 aromatic carbocycles. The Morgan fingerprint density at radius 2 is 1.19 bits per heavy atom. The zero-order valence-corrected chi connectivity index (χ0v) is 20.8. The lowest BCUT2D eigenvalue weighted by molar-refractivity contribution is -0.139. The summed E-state index contributed by atoms with van der Waals surface area (Å²) in [5, 5.41) is 7.67. The smallest absolute Gasteiger partial charge is 0.338 e. The number of esters is 2. The molecule has 0 fully saturated rings. The van der Waals surface area contributed by atoms with E-state index in [1.54, 1.807) is 51.1 Å². The summed E-state index contributed by atoms with van der Waals surface area (Å²) in [5.74, 6) is 0.444. The van der Waals surface area contributed by atoms with E-state index in [2.05, 4.69) is 19.7 Å². The van der Waals surface area contributed by atoms with Crippen molar-refractivity contribution in [3.05, 3.63) is 78.9 Å². The zero-order chi connectivity index (χ0) is 26.7. The van der Waals surface area contributed by atoms with Crippen LogP contribution >= 0.6 is 0 Å². The highest BCUT2D eigenvalue weighted by molar-refractivity contribution is 5.89. The third-order valence-corrected chi connectivity index (χ3v) is 4.55. The SMILES string of the molecule is C=C(C)C(=N)OCCOc1cc(OCCOC(=O)C(=C)C)cc(-c2ccc(OC(=O)C(=C)C)cc2)c1. The first-order valence-electron chi connectivity index (χ1n) is 11.2. The van der Waals surface area contributed by atoms with Crippen LogP contribution in [-0.2, 0) is 19.1 Å². The second-order valence-corrected chi connectivity index (χ2v) is 7.96. The van der Waals surface area contributed by atoms with Gasteiger partial charge in [0.1, 0.15) is 43.7 Å². The third kappa shape index (κ3) is 9.13. The van der Waals surface area contributed by atoms with Crippen LogP contribution in [0.1, 0.15) is 20.8 Å². The van der Waals surface area contributed by atoms with Gasteiger partial charge in [0.15, 0.2) is 0 Å². The minimum atomic E-state index is -0.497. The van der Waals surface area contributed by atoms with Crippen molar-refractivity contribution in [1.82, 2.24) is 0 Å². The molecule has 1 N–H and O–H groups in total. The summed E-state index contributed by atoms with van der Waals surface area (Å²) in [6.07, 6.45) is 0. The maximum absolute atomic E-state index is 11.7. The van der Waals surface area contributed by atoms with Crippen molar-refractivity contribution in [2.75, 3.05) is 26.4 Å². The van der Waals surface area contributed by atoms with Crippen LogP contribution in [0.2, 0.25) is 0 Å². The van der Waals surface area contributed by atoms with Crippen molar-refractivity contribution in [1.29, 1.82) is 5.41 Å². The van der Waals surface area contributed by atoms with Crippen LogP contribution in [0.3, 0.4) is 0 Å². The molecule has 8 nitrogen and oxygen atoms in total. The van der Waals surface area contributed by atoms with Gasteiger partial charge in [0.2, 0.25) is 5.90 Å². The number of hydrogen-bond donors (Lipinski definition) is 1. The first-order valence-corrected chi connectivity index (χ1v) is 11.2. The van der Waals surface area contributed by atoms with Gasteiger partial charge in [-0.25, -0.2) is 9.59 Å². The predicted octanol–water partition coefficient (Wildman–Crippen LogP) is 5.28. The summed E-state index contributed by atoms with van der Waals surface area (Å²) in [5.41, 5.74) is 2.76. The molecule has 2 aromatic rings. The lowest BCUT2D eigenvalue weighted by Crippen LogP contribution is -2.13. The van der Waals surface area contributed by atoms with Crippen LogP contribution < -0.4 is 14.2 Å². The number of rotatable bonds is 13. The van der Waals surface area contributed by atoms with Crippen LogP contribution in [0.25, 0.3) is 11.1 Å². The van der Waals surface area contributed by atoms with E-state index in [1.165, 1.54) is 0 Å². The molecule has 0 aromatic heterocycles. The maximum atomic E-state index is 11.7. The Morgan fingerprint density at radius 1 is 0.667 bits per heavy atom. The van der Waals surface area contributed by atoms with Crippen molar-refractivity contribution in [2.24, 2.45) is 0 Å². The second kappa shape index (κ2) is 13.5. The topological polar surface area (TPSA) is 104 Å². The van der Waals surface area contributed by atoms with E-state index in [0.717, 1.165) is 11.1 Å². The molecule has 0 unspecified atom stereocenters. The molecular formula is C28H31NO7. The molecule has 2 rings (SSSR count). The highest BCUT2D eigenvalue weighted by Crippen LogP contribution is 2.31. The molecule has 0 heterocycles. The highest BCUT2D eigenvalue weighted by atomic mass is 16.6. The van der Waals surface area contributed by atoms with E-state index in [1.807, 2.05) is 12.1 Å². The summed E-state index contributed by atoms with van der Waals surface area (Å²) in [4.78, 5) is 23.3. The fourth-order valence-corrected chi connectivity index (χ4v) is 2.66. The molecule has 190 valence electrons. The van der Waals surface area contributed by atoms with E-state index < -0.39 is 11.9 Å². The van der Waals surface area contributed by atoms with Crippen molar-refractivity contribution in [3.63, 3.8) is 0 Å². The summed E-state index contributed by atoms with van der Waals surface area (Å²) >= 11 is 0. The zero-order valence-electron chi connectivity index (χ0n) is 20.8. The number of nitrogens with one attached hydrogen (secondary N) is 1. The van der Waals surface area contributed by atoms with E-state index in [-0.39, 0.29) is 32.3 Å². The van der Waals surface area contributed by atoms with Crippen molar-refractivity contribution >= 4 is 17.8 Å². The Kier molecular flexibility index (Phi) is 10.5. The van der Waals surface area contributed by atoms with Crippen LogP contribution in [-0.4, -0.2) is 44.3 Å². The molecule has 0 spiro atoms. The predicted molar refractivity (Wildman–Crippen MR) is 138 cm³/mol. The number of hydrogen-bond acceptors (Lipinski definition) is 8. The quantitative estimate of drug-likeness (QED) is 0.101. The Hall–Kier alpha value is -4.33. The monoisotopic (exact) mass is 493 g/mol. The molecule has 0 saturated carbocycles. The van der Waals surface area contributed by atoms with Crippen molar-refractivity contribution in [3.8, 4) is 28.4 Å². The van der Waals surface area contributed by atoms with Gasteiger partial charge >= 0.3 is 11.9 Å². The lowest BCUT2D eigenvalue weighted by Gasteiger charge is -2.14. The standard InChI is InChI=1S/C28H31NO7/c1-18(2)26(29)34-13-11-32-24-15-22(16-25(17-24)33-12-14-35-27(30)19(3)4)21-7-9-23(10-8-21)36-28(31)20(5)6/h7-10,15-17,29H,1,3,5,11-14H2,2,4,6H3. The molecule has 8 heteroatoms. The lowest BCUT2D eigenvalue weighted by atomic mass is 10.0. The minimum Gasteiger partial charge on any atom is -0.490 e. The van der Waals surface area contributed by atoms with Gasteiger partial charge in [0.25, 0.3) is 0 Å². The van der Waals surface area contributed by atoms with Gasteiger partial charge < -0.3 is 23.7 Å². The third-order valence-electron chi connectivity index (χ3n) is 4.55. The van der Waals surface area contributed by atoms with E-state index in [4.69, 9.17) is 29.1 Å². The molecule has 0 aliphatic heterocycles. The molecule has 0 amide bonds. The number of ether oxygens (including phenoxy) is 5. The van der Waals surface area contributed by atoms with Gasteiger partial charge in [0, 0.05) is 22.8 Å². The largest absolute Gasteiger partial charge is 0.490 e. The first-order chi connectivity index (χ1) is 17.1. The number of carbonyl (C=O) groups is 2. The van der Waals surface area contributed by atoms with Crippen molar-refractivity contribution in [2.45, 2.75) is 20.8 Å². The Bertz CT molecular complexity index is 1100. The number of carbonyl (C=O) groups excluding carboxylic acids is 2. The normalized spacial score (nSPS) is 10.1. The van der Waals surface area contributed by atoms with Crippen molar-refractivity contribution < 1.29 is 33.3 Å². The molecule has 0 aliphatic rings. The van der Waals surface area contributed by atoms with Crippen LogP contribution in [0, 0.1) is 5.41 Å². The summed E-state index contributed by atoms with van der Waals surface area (Å²) in [6, 6.07) is 12.3. The Balaban J connectivity index is 2.15. The second-order valence-electron chi connectivity index (χ2n) is 7.96. The molecule has 0 aliphatic carbocycles. The van der Waals surface area contributed by atoms with Gasteiger partial charge in [-0.3, -0.25) is 5.41 Å². The Morgan fingerprint density at radius 3 is 1.69 bits per heavy atom. The number of benzene rings is 2. The fourth-order valence-electron chi connectivity index (χ4n) is 2.66. The van der Waals surface area contributed by atoms with Gasteiger partial charge in [-0.1, -0.05) is 31.9 Å². The van der Waals surface area contributed by atoms with E-state index in [9.17, 15) is 9.59 Å². The van der Waals surface area contributed by atoms with Gasteiger partial charge in [-0.15, -0.1) is 0 Å². The summed E-state index contributed by atoms with van der Waals surface area (Å²) in [7, 11) is 0. The van der Waals surface area contributed by atoms with Gasteiger partial charge in [-0.2, -0.15) is 0 Å². The summed E-state index contributed by atoms with van der Waals surface area (Å²) < 4.78 is 27.2. The van der Waals surface area contributed by atoms with Crippen LogP contribution in [0.5, 0.6) is 17.2 Å². The first kappa shape index (κ1) is 27.9. The molecule has 0 atom stereocenters. The highest BCUT2D eigenvalue weighted by Gasteiger charge is 2.10. The van der Waals surface area contributed by atoms with Gasteiger partial charge in [-0.05, 0) is 56.2 Å². The van der Waals surface area contributed by atoms with E-state index in [0.29, 0.717) is 34.0 Å². The van der Waals surface area contributed by atoms with Gasteiger partial charge in [0.05, 0.1) is 0 Å². The summed E-state index contributed by atoms with van der Waals surface area (Å²) in [6.45, 7) is 16.2.